The number of nitrogens with one attached hydrogen (secondary N) is 1. The van der Waals surface area contributed by atoms with Gasteiger partial charge in [0.2, 0.25) is 0 Å². The van der Waals surface area contributed by atoms with Crippen molar-refractivity contribution in [2.24, 2.45) is 5.92 Å². The first-order chi connectivity index (χ1) is 11.7. The van der Waals surface area contributed by atoms with Gasteiger partial charge in [0.15, 0.2) is 0 Å². The normalized spacial score (nSPS) is 21.9. The van der Waals surface area contributed by atoms with Crippen molar-refractivity contribution in [2.45, 2.75) is 31.1 Å². The Hall–Kier alpha value is -1.72. The molecule has 0 amide bonds. The molecule has 2 fully saturated rings. The Morgan fingerprint density at radius 2 is 2.00 bits per heavy atom. The lowest BCUT2D eigenvalue weighted by atomic mass is 9.66. The molecule has 2 aliphatic rings. The van der Waals surface area contributed by atoms with Crippen LogP contribution in [0, 0.1) is 11.7 Å². The third kappa shape index (κ3) is 2.56. The van der Waals surface area contributed by atoms with Crippen molar-refractivity contribution in [3.63, 3.8) is 0 Å². The van der Waals surface area contributed by atoms with Gasteiger partial charge in [0.1, 0.15) is 11.6 Å². The molecule has 2 saturated heterocycles. The van der Waals surface area contributed by atoms with Crippen molar-refractivity contribution in [1.29, 1.82) is 0 Å². The summed E-state index contributed by atoms with van der Waals surface area (Å²) in [7, 11) is 0. The summed E-state index contributed by atoms with van der Waals surface area (Å²) < 4.78 is 19.2. The number of ketones is 1. The van der Waals surface area contributed by atoms with Crippen molar-refractivity contribution in [3.05, 3.63) is 35.8 Å². The number of piperidine rings is 1. The number of benzene rings is 1. The SMILES string of the molecule is O=C(C1CCOCC1)C1(c2c[nH]c3ccc(F)cc23)CC[N]CC1. The summed E-state index contributed by atoms with van der Waals surface area (Å²) in [5, 5.41) is 5.28. The van der Waals surface area contributed by atoms with E-state index in [-0.39, 0.29) is 11.7 Å². The van der Waals surface area contributed by atoms with Gasteiger partial charge in [-0.05, 0) is 49.4 Å². The lowest BCUT2D eigenvalue weighted by molar-refractivity contribution is -0.132. The van der Waals surface area contributed by atoms with E-state index in [0.717, 1.165) is 29.3 Å². The fraction of sp³-hybridized carbons (Fsp3) is 0.526. The molecule has 0 spiro atoms. The zero-order valence-corrected chi connectivity index (χ0v) is 13.7. The summed E-state index contributed by atoms with van der Waals surface area (Å²) in [6.07, 6.45) is 4.91. The minimum Gasteiger partial charge on any atom is -0.381 e. The monoisotopic (exact) mass is 329 g/mol. The minimum atomic E-state index is -0.546. The third-order valence-corrected chi connectivity index (χ3v) is 5.62. The molecular weight excluding hydrogens is 307 g/mol. The maximum atomic E-state index is 13.8. The number of aromatic amines is 1. The van der Waals surface area contributed by atoms with Gasteiger partial charge in [-0.3, -0.25) is 4.79 Å². The highest BCUT2D eigenvalue weighted by atomic mass is 19.1. The number of carbonyl (C=O) groups is 1. The van der Waals surface area contributed by atoms with Crippen LogP contribution in [-0.4, -0.2) is 37.1 Å². The largest absolute Gasteiger partial charge is 0.381 e. The van der Waals surface area contributed by atoms with Gasteiger partial charge >= 0.3 is 0 Å². The molecule has 1 aromatic carbocycles. The van der Waals surface area contributed by atoms with Crippen LogP contribution in [0.1, 0.15) is 31.2 Å². The molecule has 24 heavy (non-hydrogen) atoms. The molecule has 0 atom stereocenters. The second-order valence-corrected chi connectivity index (χ2v) is 6.90. The van der Waals surface area contributed by atoms with Gasteiger partial charge in [-0.2, -0.15) is 0 Å². The van der Waals surface area contributed by atoms with Crippen LogP contribution in [0.25, 0.3) is 10.9 Å². The zero-order valence-electron chi connectivity index (χ0n) is 13.7. The molecule has 1 aromatic heterocycles. The molecule has 4 rings (SSSR count). The van der Waals surface area contributed by atoms with Gasteiger partial charge in [-0.25, -0.2) is 9.71 Å². The summed E-state index contributed by atoms with van der Waals surface area (Å²) >= 11 is 0. The molecule has 2 aromatic rings. The average Bonchev–Trinajstić information content (AvgIpc) is 3.06. The van der Waals surface area contributed by atoms with Gasteiger partial charge in [-0.15, -0.1) is 0 Å². The molecule has 1 N–H and O–H groups in total. The minimum absolute atomic E-state index is 0.0374. The number of hydrogen-bond acceptors (Lipinski definition) is 2. The molecule has 0 unspecified atom stereocenters. The number of carbonyl (C=O) groups excluding carboxylic acids is 1. The van der Waals surface area contributed by atoms with E-state index in [0.29, 0.717) is 44.9 Å². The fourth-order valence-electron chi connectivity index (χ4n) is 4.26. The summed E-state index contributed by atoms with van der Waals surface area (Å²) in [4.78, 5) is 16.7. The van der Waals surface area contributed by atoms with Crippen molar-refractivity contribution in [2.75, 3.05) is 26.3 Å². The van der Waals surface area contributed by atoms with Crippen LogP contribution in [0.15, 0.2) is 24.4 Å². The molecule has 4 nitrogen and oxygen atoms in total. The molecular formula is C19H22FN2O2. The van der Waals surface area contributed by atoms with E-state index < -0.39 is 5.41 Å². The van der Waals surface area contributed by atoms with Crippen LogP contribution in [0.2, 0.25) is 0 Å². The topological polar surface area (TPSA) is 56.2 Å². The predicted molar refractivity (Wildman–Crippen MR) is 89.6 cm³/mol. The summed E-state index contributed by atoms with van der Waals surface area (Å²) in [5.41, 5.74) is 1.28. The molecule has 3 heterocycles. The fourth-order valence-corrected chi connectivity index (χ4v) is 4.26. The van der Waals surface area contributed by atoms with E-state index in [2.05, 4.69) is 10.3 Å². The van der Waals surface area contributed by atoms with E-state index in [9.17, 15) is 9.18 Å². The maximum absolute atomic E-state index is 13.8. The summed E-state index contributed by atoms with van der Waals surface area (Å²) in [6.45, 7) is 2.69. The van der Waals surface area contributed by atoms with Crippen LogP contribution in [0.4, 0.5) is 4.39 Å². The molecule has 0 aliphatic carbocycles. The van der Waals surface area contributed by atoms with Crippen LogP contribution in [0.5, 0.6) is 0 Å². The van der Waals surface area contributed by atoms with Gasteiger partial charge < -0.3 is 9.72 Å². The number of halogens is 1. The van der Waals surface area contributed by atoms with E-state index in [1.165, 1.54) is 6.07 Å². The Balaban J connectivity index is 1.80. The van der Waals surface area contributed by atoms with Crippen LogP contribution in [-0.2, 0) is 14.9 Å². The van der Waals surface area contributed by atoms with Gasteiger partial charge in [-0.1, -0.05) is 0 Å². The molecule has 5 heteroatoms. The number of Topliss-reactive ketones (excluding diaryl/α,β-unsaturated/α-hetero) is 1. The number of fused-ring (bicyclic) bond motifs is 1. The Labute approximate surface area is 140 Å². The highest BCUT2D eigenvalue weighted by molar-refractivity contribution is 5.97. The van der Waals surface area contributed by atoms with Crippen molar-refractivity contribution in [3.8, 4) is 0 Å². The van der Waals surface area contributed by atoms with Gasteiger partial charge in [0, 0.05) is 49.3 Å². The quantitative estimate of drug-likeness (QED) is 0.941. The molecule has 0 saturated carbocycles. The van der Waals surface area contributed by atoms with E-state index >= 15 is 0 Å². The highest BCUT2D eigenvalue weighted by Gasteiger charge is 2.45. The lowest BCUT2D eigenvalue weighted by Crippen LogP contribution is -2.47. The standard InChI is InChI=1S/C19H22FN2O2/c20-14-1-2-17-15(11-14)16(12-22-17)19(5-7-21-8-6-19)18(23)13-3-9-24-10-4-13/h1-2,11-13,22H,3-10H2. The Kier molecular flexibility index (Phi) is 4.14. The molecule has 127 valence electrons. The first-order valence-corrected chi connectivity index (χ1v) is 8.73. The second kappa shape index (κ2) is 6.30. The Morgan fingerprint density at radius 3 is 2.75 bits per heavy atom. The second-order valence-electron chi connectivity index (χ2n) is 6.90. The number of H-pyrrole nitrogens is 1. The summed E-state index contributed by atoms with van der Waals surface area (Å²) in [6, 6.07) is 4.74. The highest BCUT2D eigenvalue weighted by Crippen LogP contribution is 2.42. The zero-order chi connectivity index (χ0) is 16.6. The number of aromatic nitrogens is 1. The first-order valence-electron chi connectivity index (χ1n) is 8.73. The van der Waals surface area contributed by atoms with E-state index in [1.807, 2.05) is 6.20 Å². The molecule has 2 aliphatic heterocycles. The number of ether oxygens (including phenoxy) is 1. The third-order valence-electron chi connectivity index (χ3n) is 5.62. The van der Waals surface area contributed by atoms with Gasteiger partial charge in [0.25, 0.3) is 0 Å². The number of hydrogen-bond donors (Lipinski definition) is 1. The Morgan fingerprint density at radius 1 is 1.25 bits per heavy atom. The van der Waals surface area contributed by atoms with E-state index in [4.69, 9.17) is 4.74 Å². The van der Waals surface area contributed by atoms with E-state index in [1.54, 1.807) is 12.1 Å². The Bertz CT molecular complexity index is 743. The maximum Gasteiger partial charge on any atom is 0.146 e. The smallest absolute Gasteiger partial charge is 0.146 e. The van der Waals surface area contributed by atoms with Crippen molar-refractivity contribution < 1.29 is 13.9 Å². The van der Waals surface area contributed by atoms with Crippen LogP contribution >= 0.6 is 0 Å². The molecule has 1 radical (unpaired) electrons. The van der Waals surface area contributed by atoms with Crippen molar-refractivity contribution in [1.82, 2.24) is 10.3 Å². The molecule has 0 bridgehead atoms. The number of rotatable bonds is 3. The summed E-state index contributed by atoms with van der Waals surface area (Å²) in [5.74, 6) is 0.0683. The first kappa shape index (κ1) is 15.8. The van der Waals surface area contributed by atoms with Gasteiger partial charge in [0.05, 0.1) is 5.41 Å². The predicted octanol–water partition coefficient (Wildman–Crippen LogP) is 2.94. The van der Waals surface area contributed by atoms with Crippen LogP contribution < -0.4 is 5.32 Å². The van der Waals surface area contributed by atoms with Crippen LogP contribution in [0.3, 0.4) is 0 Å². The lowest BCUT2D eigenvalue weighted by Gasteiger charge is -2.39. The van der Waals surface area contributed by atoms with Crippen molar-refractivity contribution >= 4 is 16.7 Å². The number of nitrogens with zero attached hydrogens (tertiary/aromatic N) is 1. The average molecular weight is 329 g/mol.